The Hall–Kier alpha value is -2.43. The van der Waals surface area contributed by atoms with Crippen molar-refractivity contribution in [3.05, 3.63) is 29.3 Å². The van der Waals surface area contributed by atoms with Gasteiger partial charge >= 0.3 is 5.97 Å². The first-order chi connectivity index (χ1) is 10.6. The fourth-order valence-electron chi connectivity index (χ4n) is 1.87. The first-order valence-electron chi connectivity index (χ1n) is 7.27. The number of benzene rings is 1. The quantitative estimate of drug-likeness (QED) is 0.557. The van der Waals surface area contributed by atoms with Gasteiger partial charge in [0.15, 0.2) is 0 Å². The fraction of sp³-hybridized carbons (Fsp3) is 0.389. The van der Waals surface area contributed by atoms with E-state index in [2.05, 4.69) is 23.7 Å². The first kappa shape index (κ1) is 17.6. The summed E-state index contributed by atoms with van der Waals surface area (Å²) in [5.41, 5.74) is 0.463. The number of phenols is 1. The van der Waals surface area contributed by atoms with Gasteiger partial charge in [0.1, 0.15) is 17.9 Å². The maximum absolute atomic E-state index is 10.9. The Bertz CT molecular complexity index is 611. The van der Waals surface area contributed by atoms with Crippen LogP contribution < -0.4 is 0 Å². The van der Waals surface area contributed by atoms with Crippen molar-refractivity contribution in [3.8, 4) is 29.4 Å². The number of rotatable bonds is 6. The highest BCUT2D eigenvalue weighted by Gasteiger charge is 2.08. The van der Waals surface area contributed by atoms with Gasteiger partial charge in [-0.15, -0.1) is 5.92 Å². The maximum atomic E-state index is 10.9. The molecular formula is C18H20O4. The molecule has 4 heteroatoms. The van der Waals surface area contributed by atoms with Crippen LogP contribution in [0.3, 0.4) is 0 Å². The van der Waals surface area contributed by atoms with Crippen LogP contribution in [0.4, 0.5) is 0 Å². The number of aliphatic hydroxyl groups is 1. The third-order valence-corrected chi connectivity index (χ3v) is 3.02. The summed E-state index contributed by atoms with van der Waals surface area (Å²) in [7, 11) is 0. The van der Waals surface area contributed by atoms with E-state index in [0.29, 0.717) is 5.56 Å². The van der Waals surface area contributed by atoms with Crippen LogP contribution >= 0.6 is 0 Å². The van der Waals surface area contributed by atoms with Gasteiger partial charge in [0, 0.05) is 18.4 Å². The molecule has 1 aromatic carbocycles. The van der Waals surface area contributed by atoms with E-state index in [0.717, 1.165) is 38.5 Å². The average Bonchev–Trinajstić information content (AvgIpc) is 2.50. The normalized spacial score (nSPS) is 9.32. The second-order valence-electron chi connectivity index (χ2n) is 4.76. The molecule has 0 radical (unpaired) electrons. The second-order valence-corrected chi connectivity index (χ2v) is 4.76. The lowest BCUT2D eigenvalue weighted by molar-refractivity contribution is 0.0693. The summed E-state index contributed by atoms with van der Waals surface area (Å²) in [6.07, 6.45) is 5.75. The van der Waals surface area contributed by atoms with Crippen molar-refractivity contribution in [3.63, 3.8) is 0 Å². The van der Waals surface area contributed by atoms with Crippen molar-refractivity contribution in [2.75, 3.05) is 6.61 Å². The van der Waals surface area contributed by atoms with Gasteiger partial charge in [-0.1, -0.05) is 30.6 Å². The minimum Gasteiger partial charge on any atom is -0.507 e. The molecule has 0 atom stereocenters. The number of carboxylic acid groups (broad SMARTS) is 1. The predicted molar refractivity (Wildman–Crippen MR) is 84.5 cm³/mol. The molecule has 3 N–H and O–H groups in total. The molecule has 0 spiro atoms. The molecule has 0 aliphatic heterocycles. The van der Waals surface area contributed by atoms with Crippen molar-refractivity contribution in [2.45, 2.75) is 38.5 Å². The van der Waals surface area contributed by atoms with Gasteiger partial charge in [0.2, 0.25) is 0 Å². The Morgan fingerprint density at radius 3 is 2.32 bits per heavy atom. The molecule has 116 valence electrons. The summed E-state index contributed by atoms with van der Waals surface area (Å²) >= 11 is 0. The molecule has 0 aliphatic rings. The summed E-state index contributed by atoms with van der Waals surface area (Å²) in [4.78, 5) is 10.9. The number of unbranched alkanes of at least 4 members (excludes halogenated alkanes) is 5. The van der Waals surface area contributed by atoms with Crippen LogP contribution in [-0.4, -0.2) is 27.9 Å². The highest BCUT2D eigenvalue weighted by molar-refractivity contribution is 5.91. The Kier molecular flexibility index (Phi) is 8.27. The zero-order valence-corrected chi connectivity index (χ0v) is 12.4. The summed E-state index contributed by atoms with van der Waals surface area (Å²) in [5.74, 6) is 10.0. The minimum atomic E-state index is -1.16. The van der Waals surface area contributed by atoms with Gasteiger partial charge in [-0.2, -0.15) is 0 Å². The SMILES string of the molecule is O=C(O)c1cc(C#CCCCCCCC#CCO)ccc1O. The van der Waals surface area contributed by atoms with Crippen LogP contribution in [0.1, 0.15) is 54.4 Å². The molecule has 1 aromatic rings. The van der Waals surface area contributed by atoms with E-state index in [4.69, 9.17) is 10.2 Å². The Morgan fingerprint density at radius 1 is 1.00 bits per heavy atom. The summed E-state index contributed by atoms with van der Waals surface area (Å²) in [5, 5.41) is 26.8. The lowest BCUT2D eigenvalue weighted by atomic mass is 10.1. The predicted octanol–water partition coefficient (Wildman–Crippen LogP) is 2.78. The minimum absolute atomic E-state index is 0.0730. The standard InChI is InChI=1S/C18H20O4/c19-13-9-7-5-3-1-2-4-6-8-10-15-11-12-17(20)16(14-15)18(21)22/h11-12,14,19-20H,1-6,13H2,(H,21,22). The van der Waals surface area contributed by atoms with Crippen LogP contribution in [0.25, 0.3) is 0 Å². The third-order valence-electron chi connectivity index (χ3n) is 3.02. The van der Waals surface area contributed by atoms with E-state index in [-0.39, 0.29) is 17.9 Å². The van der Waals surface area contributed by atoms with Gasteiger partial charge in [0.05, 0.1) is 0 Å². The number of aromatic hydroxyl groups is 1. The fourth-order valence-corrected chi connectivity index (χ4v) is 1.87. The zero-order valence-electron chi connectivity index (χ0n) is 12.4. The van der Waals surface area contributed by atoms with Crippen LogP contribution in [0, 0.1) is 23.7 Å². The van der Waals surface area contributed by atoms with E-state index < -0.39 is 5.97 Å². The van der Waals surface area contributed by atoms with Crippen molar-refractivity contribution in [1.82, 2.24) is 0 Å². The smallest absolute Gasteiger partial charge is 0.339 e. The molecule has 0 saturated carbocycles. The lowest BCUT2D eigenvalue weighted by Crippen LogP contribution is -1.97. The van der Waals surface area contributed by atoms with E-state index in [1.807, 2.05) is 0 Å². The molecule has 0 heterocycles. The molecule has 0 aliphatic carbocycles. The van der Waals surface area contributed by atoms with E-state index in [9.17, 15) is 9.90 Å². The number of hydrogen-bond acceptors (Lipinski definition) is 3. The van der Waals surface area contributed by atoms with E-state index in [1.165, 1.54) is 12.1 Å². The molecule has 4 nitrogen and oxygen atoms in total. The topological polar surface area (TPSA) is 77.8 Å². The molecule has 22 heavy (non-hydrogen) atoms. The van der Waals surface area contributed by atoms with Crippen molar-refractivity contribution >= 4 is 5.97 Å². The number of carbonyl (C=O) groups is 1. The maximum Gasteiger partial charge on any atom is 0.339 e. The van der Waals surface area contributed by atoms with E-state index in [1.54, 1.807) is 6.07 Å². The molecule has 0 saturated heterocycles. The Morgan fingerprint density at radius 2 is 1.68 bits per heavy atom. The van der Waals surface area contributed by atoms with Gasteiger partial charge < -0.3 is 15.3 Å². The van der Waals surface area contributed by atoms with Crippen molar-refractivity contribution < 1.29 is 20.1 Å². The molecule has 0 bridgehead atoms. The zero-order chi connectivity index (χ0) is 16.2. The van der Waals surface area contributed by atoms with Crippen LogP contribution in [0.5, 0.6) is 5.75 Å². The summed E-state index contributed by atoms with van der Waals surface area (Å²) < 4.78 is 0. The molecular weight excluding hydrogens is 280 g/mol. The molecule has 0 aromatic heterocycles. The largest absolute Gasteiger partial charge is 0.507 e. The second kappa shape index (κ2) is 10.3. The number of aliphatic hydroxyl groups excluding tert-OH is 1. The third kappa shape index (κ3) is 6.83. The Balaban J connectivity index is 2.30. The lowest BCUT2D eigenvalue weighted by Gasteiger charge is -1.99. The van der Waals surface area contributed by atoms with Gasteiger partial charge in [-0.05, 0) is 31.0 Å². The summed E-state index contributed by atoms with van der Waals surface area (Å²) in [6.45, 7) is -0.0730. The molecule has 1 rings (SSSR count). The van der Waals surface area contributed by atoms with Crippen molar-refractivity contribution in [1.29, 1.82) is 0 Å². The number of carboxylic acids is 1. The number of hydrogen-bond donors (Lipinski definition) is 3. The van der Waals surface area contributed by atoms with E-state index >= 15 is 0 Å². The van der Waals surface area contributed by atoms with Gasteiger partial charge in [0.25, 0.3) is 0 Å². The van der Waals surface area contributed by atoms with Crippen LogP contribution in [0.15, 0.2) is 18.2 Å². The average molecular weight is 300 g/mol. The van der Waals surface area contributed by atoms with Gasteiger partial charge in [-0.25, -0.2) is 4.79 Å². The van der Waals surface area contributed by atoms with Crippen LogP contribution in [-0.2, 0) is 0 Å². The molecule has 0 fully saturated rings. The van der Waals surface area contributed by atoms with Crippen molar-refractivity contribution in [2.24, 2.45) is 0 Å². The monoisotopic (exact) mass is 300 g/mol. The highest BCUT2D eigenvalue weighted by Crippen LogP contribution is 2.17. The van der Waals surface area contributed by atoms with Gasteiger partial charge in [-0.3, -0.25) is 0 Å². The van der Waals surface area contributed by atoms with Crippen LogP contribution in [0.2, 0.25) is 0 Å². The summed E-state index contributed by atoms with van der Waals surface area (Å²) in [6, 6.07) is 4.33. The molecule has 0 amide bonds. The number of aromatic carboxylic acids is 1. The molecule has 0 unspecified atom stereocenters. The highest BCUT2D eigenvalue weighted by atomic mass is 16.4. The Labute approximate surface area is 130 Å². The first-order valence-corrected chi connectivity index (χ1v) is 7.27.